The van der Waals surface area contributed by atoms with E-state index in [1.165, 1.54) is 78.0 Å². The Morgan fingerprint density at radius 1 is 0.274 bits per heavy atom. The summed E-state index contributed by atoms with van der Waals surface area (Å²) in [6.07, 6.45) is 17.2. The van der Waals surface area contributed by atoms with Crippen LogP contribution in [0.5, 0.6) is 0 Å². The van der Waals surface area contributed by atoms with Crippen LogP contribution in [0.4, 0.5) is 0 Å². The summed E-state index contributed by atoms with van der Waals surface area (Å²) in [4.78, 5) is 0. The molecule has 0 atom stereocenters. The average Bonchev–Trinajstić information content (AvgIpc) is 1.51. The zero-order chi connectivity index (χ0) is 112. The first-order valence-corrected chi connectivity index (χ1v) is 52.3. The summed E-state index contributed by atoms with van der Waals surface area (Å²) >= 11 is 0. The molecule has 0 nitrogen and oxygen atoms in total. The molecule has 0 aromatic heterocycles. The minimum Gasteiger partial charge on any atom is -0.105 e. The lowest BCUT2D eigenvalue weighted by Crippen LogP contribution is -2.43. The van der Waals surface area contributed by atoms with Crippen molar-refractivity contribution in [1.82, 2.24) is 0 Å². The summed E-state index contributed by atoms with van der Waals surface area (Å²) in [6, 6.07) is 0. The summed E-state index contributed by atoms with van der Waals surface area (Å²) in [7, 11) is 0. The second-order valence-corrected chi connectivity index (χ2v) is 57.2. The molecule has 1 saturated carbocycles. The normalized spacial score (nSPS) is 16.9. The number of rotatable bonds is 10. The molecule has 0 radical (unpaired) electrons. The van der Waals surface area contributed by atoms with Gasteiger partial charge in [0.1, 0.15) is 0 Å². The monoisotopic (exact) mass is 1870 g/mol. The van der Waals surface area contributed by atoms with Gasteiger partial charge in [-0.2, -0.15) is 0 Å². The highest BCUT2D eigenvalue weighted by atomic mass is 14.8. The molecule has 0 heteroatoms. The Kier molecular flexibility index (Phi) is 59.7. The van der Waals surface area contributed by atoms with Crippen LogP contribution in [0.3, 0.4) is 0 Å². The van der Waals surface area contributed by atoms with Crippen molar-refractivity contribution in [2.45, 2.75) is 554 Å². The molecule has 2 aliphatic rings. The fourth-order valence-electron chi connectivity index (χ4n) is 16.6. The molecular weight excluding hydrogens is 1620 g/mol. The standard InChI is InChI=1S/2C15H30.2C13H24.C13H26.2C13H24.C11H18.C11H20.C9H16.C9H12/c1-11(2)12(3,4)14(7,8)15(9,10)13(11,5)6;1-11(2)12(3)14(7,8)15(9,10)13(4,5)6;1-9-10(2)12(5,6)13(7,8)11(9,3)4;1-11(2,3)9-10-13(7,8)12(4,5)6;1-9-10-12(5,6)13(7,8)11(2,3)4;1-9(2)10(3)11(4)12(5)13(6,7)8;1-9(2)11(5)13(7,8)12(6)10(3)4;1-7-8-9(2)10(3)11(4,5)6;1-7-8-11(5,6)10(4)9(2)3;1-5-6-7-8-9(2,3)4;1-5-7-9(3,4)8-6-2/h2*1-10H3;2*1-8H3;9-10H,1-8H3;2*1-8H3;1-6H3;7-8H,1-6H3;5-8H,1-4H3;1-4H3/b;;;;;12-11-;;10-9-;;;. The fourth-order valence-corrected chi connectivity index (χ4v) is 16.6. The Bertz CT molecular complexity index is 4140. The molecule has 0 aromatic rings. The maximum absolute atomic E-state index is 3.39. The molecule has 0 aliphatic heterocycles. The van der Waals surface area contributed by atoms with Gasteiger partial charge in [0.2, 0.25) is 0 Å². The third-order valence-corrected chi connectivity index (χ3v) is 37.6. The van der Waals surface area contributed by atoms with Crippen LogP contribution in [0.15, 0.2) is 138 Å². The first-order chi connectivity index (χ1) is 58.6. The first kappa shape index (κ1) is 148. The minimum atomic E-state index is -0.122. The van der Waals surface area contributed by atoms with E-state index in [4.69, 9.17) is 0 Å². The Morgan fingerprint density at radius 3 is 0.770 bits per heavy atom. The molecule has 1 fully saturated rings. The lowest BCUT2D eigenvalue weighted by Gasteiger charge is -2.52. The Labute approximate surface area is 857 Å². The van der Waals surface area contributed by atoms with Gasteiger partial charge in [0.25, 0.3) is 0 Å². The molecule has 0 bridgehead atoms. The molecule has 135 heavy (non-hydrogen) atoms. The Hall–Kier alpha value is -4.88. The van der Waals surface area contributed by atoms with E-state index in [1.54, 1.807) is 11.1 Å². The van der Waals surface area contributed by atoms with Gasteiger partial charge in [-0.15, -0.1) is 17.8 Å². The predicted molar refractivity (Wildman–Crippen MR) is 634 cm³/mol. The number of hydrogen-bond donors (Lipinski definition) is 0. The zero-order valence-electron chi connectivity index (χ0n) is 108. The van der Waals surface area contributed by atoms with E-state index >= 15 is 0 Å². The van der Waals surface area contributed by atoms with Crippen molar-refractivity contribution in [2.24, 2.45) is 125 Å². The van der Waals surface area contributed by atoms with Gasteiger partial charge in [-0.1, -0.05) is 469 Å². The van der Waals surface area contributed by atoms with Crippen molar-refractivity contribution in [3.8, 4) is 47.4 Å². The van der Waals surface area contributed by atoms with Crippen molar-refractivity contribution in [2.75, 3.05) is 0 Å². The first-order valence-electron chi connectivity index (χ1n) is 52.3. The molecule has 0 unspecified atom stereocenters. The Balaban J connectivity index is -0.000000185. The molecule has 0 saturated heterocycles. The highest BCUT2D eigenvalue weighted by molar-refractivity contribution is 5.38. The fraction of sp³-hybridized carbons (Fsp3) is 0.763. The minimum absolute atomic E-state index is 0.0836. The molecule has 788 valence electrons. The number of hydrogen-bond acceptors (Lipinski definition) is 0. The van der Waals surface area contributed by atoms with Crippen LogP contribution in [0, 0.1) is 172 Å². The van der Waals surface area contributed by atoms with Crippen LogP contribution in [0.25, 0.3) is 0 Å². The number of allylic oxidation sites excluding steroid dienone is 24. The molecule has 0 heterocycles. The van der Waals surface area contributed by atoms with Crippen LogP contribution in [0.2, 0.25) is 0 Å². The molecule has 2 aliphatic carbocycles. The van der Waals surface area contributed by atoms with Crippen molar-refractivity contribution in [3.63, 3.8) is 0 Å². The van der Waals surface area contributed by atoms with Gasteiger partial charge in [-0.05, 0) is 350 Å². The van der Waals surface area contributed by atoms with Crippen LogP contribution in [-0.4, -0.2) is 0 Å². The van der Waals surface area contributed by atoms with Crippen molar-refractivity contribution in [1.29, 1.82) is 0 Å². The van der Waals surface area contributed by atoms with Gasteiger partial charge >= 0.3 is 0 Å². The van der Waals surface area contributed by atoms with Gasteiger partial charge in [-0.3, -0.25) is 0 Å². The van der Waals surface area contributed by atoms with Gasteiger partial charge in [0, 0.05) is 21.7 Å². The molecule has 2 rings (SSSR count). The summed E-state index contributed by atoms with van der Waals surface area (Å²) < 4.78 is 0. The van der Waals surface area contributed by atoms with Gasteiger partial charge in [0.05, 0.1) is 5.41 Å². The maximum Gasteiger partial charge on any atom is 0.0862 e. The second kappa shape index (κ2) is 54.5. The summed E-state index contributed by atoms with van der Waals surface area (Å²) in [5, 5.41) is 0. The molecule has 0 aromatic carbocycles. The van der Waals surface area contributed by atoms with Gasteiger partial charge < -0.3 is 0 Å². The molecule has 0 spiro atoms. The second-order valence-electron chi connectivity index (χ2n) is 57.2. The van der Waals surface area contributed by atoms with Gasteiger partial charge in [-0.25, -0.2) is 0 Å². The third-order valence-electron chi connectivity index (χ3n) is 37.6. The van der Waals surface area contributed by atoms with Crippen LogP contribution in [-0.2, 0) is 0 Å². The van der Waals surface area contributed by atoms with E-state index in [1.807, 2.05) is 53.7 Å². The topological polar surface area (TPSA) is 0 Å². The Morgan fingerprint density at radius 2 is 0.570 bits per heavy atom. The van der Waals surface area contributed by atoms with Crippen molar-refractivity contribution < 1.29 is 0 Å². The van der Waals surface area contributed by atoms with E-state index in [0.717, 1.165) is 0 Å². The van der Waals surface area contributed by atoms with Crippen LogP contribution in [0.1, 0.15) is 554 Å². The largest absolute Gasteiger partial charge is 0.105 e. The lowest BCUT2D eigenvalue weighted by atomic mass is 9.53. The molecule has 0 N–H and O–H groups in total. The highest BCUT2D eigenvalue weighted by Gasteiger charge is 2.71. The van der Waals surface area contributed by atoms with Crippen LogP contribution < -0.4 is 0 Å². The quantitative estimate of drug-likeness (QED) is 0.116. The summed E-state index contributed by atoms with van der Waals surface area (Å²) in [5.41, 5.74) is 29.4. The third kappa shape index (κ3) is 43.5. The summed E-state index contributed by atoms with van der Waals surface area (Å²) in [5.74, 6) is 24.4. The van der Waals surface area contributed by atoms with E-state index in [2.05, 4.69) is 596 Å². The van der Waals surface area contributed by atoms with Crippen molar-refractivity contribution in [3.05, 3.63) is 138 Å². The predicted octanol–water partition coefficient (Wildman–Crippen LogP) is 45.8. The average molecular weight is 1870 g/mol. The van der Waals surface area contributed by atoms with Crippen molar-refractivity contribution >= 4 is 0 Å². The van der Waals surface area contributed by atoms with E-state index in [0.29, 0.717) is 70.4 Å². The van der Waals surface area contributed by atoms with Crippen LogP contribution >= 0.6 is 0 Å². The maximum atomic E-state index is 3.39. The lowest BCUT2D eigenvalue weighted by molar-refractivity contribution is 0.0135. The van der Waals surface area contributed by atoms with E-state index < -0.39 is 0 Å². The van der Waals surface area contributed by atoms with E-state index in [9.17, 15) is 0 Å². The zero-order valence-corrected chi connectivity index (χ0v) is 108. The molecular formula is C135H248. The smallest absolute Gasteiger partial charge is 0.0862 e. The summed E-state index contributed by atoms with van der Waals surface area (Å²) in [6.45, 7) is 180. The molecule has 0 amide bonds. The van der Waals surface area contributed by atoms with E-state index in [-0.39, 0.29) is 54.1 Å². The SMILES string of the molecule is CC#C/C(C)=C(/C)C(C)(C)C.CC#CC(C)(C)C#CC.CC(C)(C)C#CC(C)(C)C(C)(C)C.CC(C)=C(C)/C(C)=C(/C)C(C)(C)C.CC(C)=C(C)C(C)(C)C(C)(C)C(C)(C)C.CC(C)=C(C)C(C)(C)C(C)=C(C)C.CC1(C)C(C)(C)C(C)(C)C(C)(C)C1(C)C.CC1=C(C)C(C)(C)C(C)(C)C1(C)C.CC=CC(C)(C)C(C)(C)C(C)(C)C.CC=CC(C)(C)C(C)=C(C)C.CC=CC=CC(C)(C)C. The van der Waals surface area contributed by atoms with Gasteiger partial charge in [0.15, 0.2) is 0 Å². The highest BCUT2D eigenvalue weighted by Crippen LogP contribution is 2.78.